The summed E-state index contributed by atoms with van der Waals surface area (Å²) in [6, 6.07) is 7.53. The highest BCUT2D eigenvalue weighted by atomic mass is 35.5. The Morgan fingerprint density at radius 1 is 1.35 bits per heavy atom. The van der Waals surface area contributed by atoms with Crippen molar-refractivity contribution in [2.45, 2.75) is 19.4 Å². The standard InChI is InChI=1S/C18H20ClN3O3S/c1-26(24,25)22-8-6-16-14(12-22)10-20-11-17(16)18(23)21-7-5-13-3-2-4-15(19)9-13/h2-4,9-11H,5-8,12H2,1H3,(H,21,23). The zero-order chi connectivity index (χ0) is 18.7. The maximum atomic E-state index is 12.5. The largest absolute Gasteiger partial charge is 0.352 e. The highest BCUT2D eigenvalue weighted by Crippen LogP contribution is 2.23. The Morgan fingerprint density at radius 2 is 2.15 bits per heavy atom. The van der Waals surface area contributed by atoms with E-state index in [2.05, 4.69) is 10.3 Å². The summed E-state index contributed by atoms with van der Waals surface area (Å²) < 4.78 is 24.9. The van der Waals surface area contributed by atoms with Crippen molar-refractivity contribution in [1.29, 1.82) is 0 Å². The van der Waals surface area contributed by atoms with Crippen molar-refractivity contribution in [3.8, 4) is 0 Å². The van der Waals surface area contributed by atoms with Crippen LogP contribution in [0.15, 0.2) is 36.7 Å². The summed E-state index contributed by atoms with van der Waals surface area (Å²) in [5.74, 6) is -0.191. The normalized spacial score (nSPS) is 14.7. The van der Waals surface area contributed by atoms with Gasteiger partial charge in [-0.15, -0.1) is 0 Å². The molecule has 0 atom stereocenters. The number of sulfonamides is 1. The first kappa shape index (κ1) is 18.8. The fourth-order valence-corrected chi connectivity index (χ4v) is 4.06. The Hall–Kier alpha value is -1.96. The van der Waals surface area contributed by atoms with Crippen LogP contribution in [0, 0.1) is 0 Å². The number of rotatable bonds is 5. The van der Waals surface area contributed by atoms with Gasteiger partial charge in [0.15, 0.2) is 0 Å². The second kappa shape index (κ2) is 7.73. The van der Waals surface area contributed by atoms with E-state index in [1.807, 2.05) is 24.3 Å². The molecule has 0 aliphatic carbocycles. The number of benzene rings is 1. The Bertz CT molecular complexity index is 931. The second-order valence-electron chi connectivity index (χ2n) is 6.31. The predicted molar refractivity (Wildman–Crippen MR) is 101 cm³/mol. The number of hydrogen-bond acceptors (Lipinski definition) is 4. The van der Waals surface area contributed by atoms with Crippen LogP contribution in [-0.4, -0.2) is 43.0 Å². The van der Waals surface area contributed by atoms with Gasteiger partial charge >= 0.3 is 0 Å². The zero-order valence-corrected chi connectivity index (χ0v) is 16.0. The van der Waals surface area contributed by atoms with Crippen molar-refractivity contribution in [2.75, 3.05) is 19.3 Å². The quantitative estimate of drug-likeness (QED) is 0.842. The van der Waals surface area contributed by atoms with Gasteiger partial charge in [-0.25, -0.2) is 8.42 Å². The highest BCUT2D eigenvalue weighted by molar-refractivity contribution is 7.88. The summed E-state index contributed by atoms with van der Waals surface area (Å²) in [4.78, 5) is 16.7. The molecule has 0 radical (unpaired) electrons. The van der Waals surface area contributed by atoms with Gasteiger partial charge in [0.05, 0.1) is 11.8 Å². The molecule has 0 fully saturated rings. The molecule has 1 aromatic carbocycles. The number of carbonyl (C=O) groups excluding carboxylic acids is 1. The lowest BCUT2D eigenvalue weighted by molar-refractivity contribution is 0.0952. The summed E-state index contributed by atoms with van der Waals surface area (Å²) in [6.07, 6.45) is 5.55. The minimum atomic E-state index is -3.26. The molecule has 0 saturated heterocycles. The second-order valence-corrected chi connectivity index (χ2v) is 8.73. The summed E-state index contributed by atoms with van der Waals surface area (Å²) >= 11 is 5.96. The molecule has 1 N–H and O–H groups in total. The molecule has 8 heteroatoms. The van der Waals surface area contributed by atoms with Gasteiger partial charge in [0, 0.05) is 37.1 Å². The molecule has 1 aliphatic heterocycles. The molecule has 0 unspecified atom stereocenters. The summed E-state index contributed by atoms with van der Waals surface area (Å²) in [5.41, 5.74) is 3.22. The van der Waals surface area contributed by atoms with E-state index in [1.165, 1.54) is 10.6 Å². The third-order valence-corrected chi connectivity index (χ3v) is 5.89. The fraction of sp³-hybridized carbons (Fsp3) is 0.333. The Morgan fingerprint density at radius 3 is 2.88 bits per heavy atom. The third kappa shape index (κ3) is 4.41. The van der Waals surface area contributed by atoms with Gasteiger partial charge in [0.1, 0.15) is 0 Å². The van der Waals surface area contributed by atoms with Gasteiger partial charge in [-0.05, 0) is 41.7 Å². The average Bonchev–Trinajstić information content (AvgIpc) is 2.60. The molecule has 1 amide bonds. The number of aromatic nitrogens is 1. The fourth-order valence-electron chi connectivity index (χ4n) is 3.05. The van der Waals surface area contributed by atoms with Crippen molar-refractivity contribution < 1.29 is 13.2 Å². The molecule has 3 rings (SSSR count). The smallest absolute Gasteiger partial charge is 0.253 e. The van der Waals surface area contributed by atoms with Crippen molar-refractivity contribution in [3.63, 3.8) is 0 Å². The lowest BCUT2D eigenvalue weighted by atomic mass is 9.98. The van der Waals surface area contributed by atoms with Gasteiger partial charge in [0.2, 0.25) is 10.0 Å². The van der Waals surface area contributed by atoms with E-state index >= 15 is 0 Å². The van der Waals surface area contributed by atoms with Crippen LogP contribution < -0.4 is 5.32 Å². The van der Waals surface area contributed by atoms with E-state index in [-0.39, 0.29) is 12.5 Å². The molecular weight excluding hydrogens is 374 g/mol. The molecule has 26 heavy (non-hydrogen) atoms. The first-order valence-electron chi connectivity index (χ1n) is 8.28. The lowest BCUT2D eigenvalue weighted by Crippen LogP contribution is -2.36. The monoisotopic (exact) mass is 393 g/mol. The van der Waals surface area contributed by atoms with Crippen molar-refractivity contribution in [3.05, 3.63) is 63.9 Å². The molecule has 2 aromatic rings. The number of pyridine rings is 1. The molecule has 1 aliphatic rings. The van der Waals surface area contributed by atoms with Gasteiger partial charge < -0.3 is 5.32 Å². The Kier molecular flexibility index (Phi) is 5.60. The van der Waals surface area contributed by atoms with E-state index in [0.717, 1.165) is 16.7 Å². The molecular formula is C18H20ClN3O3S. The maximum absolute atomic E-state index is 12.5. The first-order chi connectivity index (χ1) is 12.3. The number of amides is 1. The topological polar surface area (TPSA) is 79.4 Å². The van der Waals surface area contributed by atoms with E-state index in [4.69, 9.17) is 11.6 Å². The van der Waals surface area contributed by atoms with Gasteiger partial charge in [-0.1, -0.05) is 23.7 Å². The summed E-state index contributed by atoms with van der Waals surface area (Å²) in [7, 11) is -3.26. The molecule has 0 saturated carbocycles. The number of carbonyl (C=O) groups is 1. The van der Waals surface area contributed by atoms with Crippen LogP contribution in [0.1, 0.15) is 27.0 Å². The summed E-state index contributed by atoms with van der Waals surface area (Å²) in [6.45, 7) is 1.11. The maximum Gasteiger partial charge on any atom is 0.253 e. The van der Waals surface area contributed by atoms with Crippen LogP contribution in [0.4, 0.5) is 0 Å². The lowest BCUT2D eigenvalue weighted by Gasteiger charge is -2.27. The van der Waals surface area contributed by atoms with E-state index in [1.54, 1.807) is 12.4 Å². The van der Waals surface area contributed by atoms with Crippen LogP contribution in [0.2, 0.25) is 5.02 Å². The van der Waals surface area contributed by atoms with Crippen molar-refractivity contribution >= 4 is 27.5 Å². The van der Waals surface area contributed by atoms with Crippen LogP contribution in [-0.2, 0) is 29.4 Å². The van der Waals surface area contributed by atoms with Crippen molar-refractivity contribution in [1.82, 2.24) is 14.6 Å². The Labute approximate surface area is 158 Å². The number of fused-ring (bicyclic) bond motifs is 1. The molecule has 6 nitrogen and oxygen atoms in total. The highest BCUT2D eigenvalue weighted by Gasteiger charge is 2.26. The first-order valence-corrected chi connectivity index (χ1v) is 10.5. The minimum Gasteiger partial charge on any atom is -0.352 e. The zero-order valence-electron chi connectivity index (χ0n) is 14.4. The average molecular weight is 394 g/mol. The predicted octanol–water partition coefficient (Wildman–Crippen LogP) is 2.03. The van der Waals surface area contributed by atoms with Gasteiger partial charge in [-0.3, -0.25) is 9.78 Å². The number of halogens is 1. The molecule has 2 heterocycles. The molecule has 0 bridgehead atoms. The van der Waals surface area contributed by atoms with Crippen molar-refractivity contribution in [2.24, 2.45) is 0 Å². The van der Waals surface area contributed by atoms with E-state index < -0.39 is 10.0 Å². The van der Waals surface area contributed by atoms with E-state index in [0.29, 0.717) is 36.5 Å². The van der Waals surface area contributed by atoms with Gasteiger partial charge in [-0.2, -0.15) is 4.31 Å². The van der Waals surface area contributed by atoms with Crippen LogP contribution in [0.5, 0.6) is 0 Å². The number of nitrogens with zero attached hydrogens (tertiary/aromatic N) is 2. The molecule has 0 spiro atoms. The Balaban J connectivity index is 1.67. The third-order valence-electron chi connectivity index (χ3n) is 4.41. The minimum absolute atomic E-state index is 0.191. The SMILES string of the molecule is CS(=O)(=O)N1CCc2c(cncc2C(=O)NCCc2cccc(Cl)c2)C1. The van der Waals surface area contributed by atoms with Gasteiger partial charge in [0.25, 0.3) is 5.91 Å². The van der Waals surface area contributed by atoms with E-state index in [9.17, 15) is 13.2 Å². The number of nitrogens with one attached hydrogen (secondary N) is 1. The number of hydrogen-bond donors (Lipinski definition) is 1. The summed E-state index contributed by atoms with van der Waals surface area (Å²) in [5, 5.41) is 3.58. The molecule has 1 aromatic heterocycles. The van der Waals surface area contributed by atoms with Crippen LogP contribution in [0.3, 0.4) is 0 Å². The molecule has 138 valence electrons. The van der Waals surface area contributed by atoms with Crippen LogP contribution >= 0.6 is 11.6 Å². The van der Waals surface area contributed by atoms with Crippen LogP contribution in [0.25, 0.3) is 0 Å².